The molecule has 0 bridgehead atoms. The molecule has 1 saturated heterocycles. The van der Waals surface area contributed by atoms with Gasteiger partial charge in [-0.3, -0.25) is 0 Å². The molecule has 1 unspecified atom stereocenters. The molecule has 1 atom stereocenters. The van der Waals surface area contributed by atoms with E-state index in [1.54, 1.807) is 7.11 Å². The molecule has 108 valence electrons. The van der Waals surface area contributed by atoms with E-state index < -0.39 is 0 Å². The van der Waals surface area contributed by atoms with Gasteiger partial charge in [-0.1, -0.05) is 0 Å². The Morgan fingerprint density at radius 2 is 1.61 bits per heavy atom. The fourth-order valence-electron chi connectivity index (χ4n) is 3.17. The molecule has 1 aliphatic heterocycles. The summed E-state index contributed by atoms with van der Waals surface area (Å²) in [5, 5.41) is 7.47. The van der Waals surface area contributed by atoms with Crippen LogP contribution in [0, 0.1) is 0 Å². The molecule has 0 radical (unpaired) electrons. The molecule has 0 spiro atoms. The van der Waals surface area contributed by atoms with Gasteiger partial charge in [-0.25, -0.2) is 0 Å². The Kier molecular flexibility index (Phi) is 4.52. The van der Waals surface area contributed by atoms with E-state index in [4.69, 9.17) is 4.74 Å². The van der Waals surface area contributed by atoms with Gasteiger partial charge in [0.15, 0.2) is 0 Å². The van der Waals surface area contributed by atoms with Crippen molar-refractivity contribution >= 4 is 0 Å². The van der Waals surface area contributed by atoms with E-state index in [2.05, 4.69) is 59.1 Å². The van der Waals surface area contributed by atoms with Gasteiger partial charge >= 0.3 is 0 Å². The number of rotatable bonds is 4. The highest BCUT2D eigenvalue weighted by atomic mass is 16.5. The quantitative estimate of drug-likeness (QED) is 0.811. The first kappa shape index (κ1) is 15.9. The van der Waals surface area contributed by atoms with Crippen molar-refractivity contribution in [2.45, 2.75) is 90.1 Å². The van der Waals surface area contributed by atoms with Gasteiger partial charge in [-0.2, -0.15) is 0 Å². The van der Waals surface area contributed by atoms with Crippen LogP contribution in [-0.2, 0) is 4.74 Å². The molecule has 0 aliphatic carbocycles. The maximum absolute atomic E-state index is 5.57. The lowest BCUT2D eigenvalue weighted by molar-refractivity contribution is -0.0130. The lowest BCUT2D eigenvalue weighted by atomic mass is 9.79. The number of ether oxygens (including phenoxy) is 1. The minimum Gasteiger partial charge on any atom is -0.377 e. The second kappa shape index (κ2) is 5.10. The molecule has 1 rings (SSSR count). The van der Waals surface area contributed by atoms with Crippen LogP contribution >= 0.6 is 0 Å². The van der Waals surface area contributed by atoms with Crippen LogP contribution in [-0.4, -0.2) is 35.9 Å². The Morgan fingerprint density at radius 3 is 2.00 bits per heavy atom. The van der Waals surface area contributed by atoms with Gasteiger partial charge < -0.3 is 15.4 Å². The topological polar surface area (TPSA) is 33.3 Å². The van der Waals surface area contributed by atoms with Crippen molar-refractivity contribution in [3.05, 3.63) is 0 Å². The summed E-state index contributed by atoms with van der Waals surface area (Å²) in [7, 11) is 1.79. The summed E-state index contributed by atoms with van der Waals surface area (Å²) in [6.07, 6.45) is 2.31. The Morgan fingerprint density at radius 1 is 1.17 bits per heavy atom. The van der Waals surface area contributed by atoms with Gasteiger partial charge in [0.25, 0.3) is 0 Å². The van der Waals surface area contributed by atoms with Crippen molar-refractivity contribution in [3.8, 4) is 0 Å². The third-order valence-electron chi connectivity index (χ3n) is 4.24. The summed E-state index contributed by atoms with van der Waals surface area (Å²) < 4.78 is 5.57. The number of nitrogens with one attached hydrogen (secondary N) is 2. The van der Waals surface area contributed by atoms with Crippen LogP contribution in [0.3, 0.4) is 0 Å². The van der Waals surface area contributed by atoms with Gasteiger partial charge in [-0.05, 0) is 61.3 Å². The lowest BCUT2D eigenvalue weighted by Gasteiger charge is -2.48. The van der Waals surface area contributed by atoms with E-state index in [1.165, 1.54) is 0 Å². The second-order valence-electron chi connectivity index (χ2n) is 7.69. The molecule has 0 aromatic rings. The van der Waals surface area contributed by atoms with Crippen LogP contribution in [0.5, 0.6) is 0 Å². The summed E-state index contributed by atoms with van der Waals surface area (Å²) >= 11 is 0. The fourth-order valence-corrected chi connectivity index (χ4v) is 3.17. The molecule has 3 nitrogen and oxygen atoms in total. The van der Waals surface area contributed by atoms with Crippen molar-refractivity contribution < 1.29 is 4.74 Å². The first-order valence-corrected chi connectivity index (χ1v) is 7.08. The maximum Gasteiger partial charge on any atom is 0.0772 e. The first-order chi connectivity index (χ1) is 7.97. The van der Waals surface area contributed by atoms with Crippen molar-refractivity contribution in [1.82, 2.24) is 10.6 Å². The maximum atomic E-state index is 5.57. The van der Waals surface area contributed by atoms with Crippen molar-refractivity contribution in [3.63, 3.8) is 0 Å². The van der Waals surface area contributed by atoms with Gasteiger partial charge in [-0.15, -0.1) is 0 Å². The van der Waals surface area contributed by atoms with Crippen LogP contribution in [0.4, 0.5) is 0 Å². The number of methoxy groups -OCH3 is 1. The molecule has 1 heterocycles. The first-order valence-electron chi connectivity index (χ1n) is 7.08. The summed E-state index contributed by atoms with van der Waals surface area (Å²) in [5.74, 6) is 0. The van der Waals surface area contributed by atoms with Gasteiger partial charge in [0.1, 0.15) is 0 Å². The smallest absolute Gasteiger partial charge is 0.0772 e. The summed E-state index contributed by atoms with van der Waals surface area (Å²) in [5.41, 5.74) is 0.256. The molecule has 0 aromatic carbocycles. The highest BCUT2D eigenvalue weighted by Crippen LogP contribution is 2.29. The summed E-state index contributed by atoms with van der Waals surface area (Å²) in [6, 6.07) is 0.887. The zero-order valence-corrected chi connectivity index (χ0v) is 13.5. The van der Waals surface area contributed by atoms with Crippen LogP contribution in [0.1, 0.15) is 61.3 Å². The van der Waals surface area contributed by atoms with Crippen molar-refractivity contribution in [2.75, 3.05) is 7.11 Å². The SMILES string of the molecule is COC(C)(C)C(C)NC1CC(C)(C)NC(C)(C)C1. The summed E-state index contributed by atoms with van der Waals surface area (Å²) in [4.78, 5) is 0. The fraction of sp³-hybridized carbons (Fsp3) is 1.00. The molecule has 1 fully saturated rings. The van der Waals surface area contributed by atoms with E-state index in [0.717, 1.165) is 12.8 Å². The largest absolute Gasteiger partial charge is 0.377 e. The third kappa shape index (κ3) is 4.22. The molecule has 0 saturated carbocycles. The van der Waals surface area contributed by atoms with E-state index in [-0.39, 0.29) is 16.7 Å². The highest BCUT2D eigenvalue weighted by molar-refractivity contribution is 5.01. The predicted octanol–water partition coefficient (Wildman–Crippen LogP) is 2.70. The Bertz CT molecular complexity index is 268. The second-order valence-corrected chi connectivity index (χ2v) is 7.69. The Hall–Kier alpha value is -0.120. The Labute approximate surface area is 113 Å². The number of hydrogen-bond donors (Lipinski definition) is 2. The number of hydrogen-bond acceptors (Lipinski definition) is 3. The molecule has 18 heavy (non-hydrogen) atoms. The third-order valence-corrected chi connectivity index (χ3v) is 4.24. The van der Waals surface area contributed by atoms with Gasteiger partial charge in [0.2, 0.25) is 0 Å². The minimum absolute atomic E-state index is 0.126. The zero-order chi connectivity index (χ0) is 14.2. The van der Waals surface area contributed by atoms with E-state index >= 15 is 0 Å². The average Bonchev–Trinajstić information content (AvgIpc) is 2.12. The average molecular weight is 256 g/mol. The van der Waals surface area contributed by atoms with Crippen LogP contribution in [0.2, 0.25) is 0 Å². The monoisotopic (exact) mass is 256 g/mol. The molecule has 1 aliphatic rings. The van der Waals surface area contributed by atoms with E-state index in [0.29, 0.717) is 12.1 Å². The minimum atomic E-state index is -0.126. The van der Waals surface area contributed by atoms with Crippen LogP contribution in [0.15, 0.2) is 0 Å². The zero-order valence-electron chi connectivity index (χ0n) is 13.5. The molecular weight excluding hydrogens is 224 g/mol. The lowest BCUT2D eigenvalue weighted by Crippen LogP contribution is -2.63. The predicted molar refractivity (Wildman–Crippen MR) is 78.0 cm³/mol. The van der Waals surface area contributed by atoms with E-state index in [9.17, 15) is 0 Å². The van der Waals surface area contributed by atoms with Gasteiger partial charge in [0, 0.05) is 30.3 Å². The van der Waals surface area contributed by atoms with Gasteiger partial charge in [0.05, 0.1) is 5.60 Å². The Balaban J connectivity index is 2.67. The molecule has 0 aromatic heterocycles. The van der Waals surface area contributed by atoms with Crippen LogP contribution < -0.4 is 10.6 Å². The molecule has 0 amide bonds. The molecular formula is C15H32N2O. The van der Waals surface area contributed by atoms with E-state index in [1.807, 2.05) is 0 Å². The molecule has 2 N–H and O–H groups in total. The standard InChI is InChI=1S/C15H32N2O/c1-11(15(6,7)18-8)16-12-9-13(2,3)17-14(4,5)10-12/h11-12,16-17H,9-10H2,1-8H3. The molecule has 3 heteroatoms. The normalized spacial score (nSPS) is 26.0. The van der Waals surface area contributed by atoms with Crippen LogP contribution in [0.25, 0.3) is 0 Å². The summed E-state index contributed by atoms with van der Waals surface area (Å²) in [6.45, 7) is 15.6. The van der Waals surface area contributed by atoms with Crippen molar-refractivity contribution in [2.24, 2.45) is 0 Å². The van der Waals surface area contributed by atoms with Crippen molar-refractivity contribution in [1.29, 1.82) is 0 Å². The highest BCUT2D eigenvalue weighted by Gasteiger charge is 2.39. The number of piperidine rings is 1.